The number of benzene rings is 1. The molecule has 1 aromatic carbocycles. The van der Waals surface area contributed by atoms with Gasteiger partial charge in [-0.05, 0) is 25.5 Å². The third-order valence-corrected chi connectivity index (χ3v) is 2.87. The molecule has 5 nitrogen and oxygen atoms in total. The number of carboxylic acid groups (broad SMARTS) is 1. The monoisotopic (exact) mass is 279 g/mol. The summed E-state index contributed by atoms with van der Waals surface area (Å²) in [5, 5.41) is 12.4. The number of hydrogen-bond acceptors (Lipinski definition) is 4. The molecule has 0 unspecified atom stereocenters. The molecular weight excluding hydrogens is 258 g/mol. The van der Waals surface area contributed by atoms with Crippen LogP contribution in [0.15, 0.2) is 18.2 Å². The van der Waals surface area contributed by atoms with Crippen LogP contribution in [-0.2, 0) is 4.74 Å². The SMILES string of the molecule is CCCCCNc1cccc(C(=O)OCC)c1C(=O)O. The molecule has 0 bridgehead atoms. The fourth-order valence-corrected chi connectivity index (χ4v) is 1.91. The zero-order valence-corrected chi connectivity index (χ0v) is 11.9. The molecule has 0 saturated carbocycles. The molecule has 0 saturated heterocycles. The second-order valence-corrected chi connectivity index (χ2v) is 4.39. The van der Waals surface area contributed by atoms with Crippen molar-refractivity contribution in [3.63, 3.8) is 0 Å². The van der Waals surface area contributed by atoms with Gasteiger partial charge in [-0.15, -0.1) is 0 Å². The van der Waals surface area contributed by atoms with Gasteiger partial charge in [0.15, 0.2) is 0 Å². The third-order valence-electron chi connectivity index (χ3n) is 2.87. The van der Waals surface area contributed by atoms with Crippen molar-refractivity contribution in [2.75, 3.05) is 18.5 Å². The summed E-state index contributed by atoms with van der Waals surface area (Å²) in [6.07, 6.45) is 3.13. The van der Waals surface area contributed by atoms with Gasteiger partial charge in [0.25, 0.3) is 0 Å². The number of carboxylic acids is 1. The van der Waals surface area contributed by atoms with E-state index in [4.69, 9.17) is 4.74 Å². The van der Waals surface area contributed by atoms with E-state index < -0.39 is 11.9 Å². The van der Waals surface area contributed by atoms with Gasteiger partial charge in [-0.25, -0.2) is 9.59 Å². The van der Waals surface area contributed by atoms with Gasteiger partial charge < -0.3 is 15.2 Å². The predicted octanol–water partition coefficient (Wildman–Crippen LogP) is 3.16. The third kappa shape index (κ3) is 4.26. The topological polar surface area (TPSA) is 75.6 Å². The van der Waals surface area contributed by atoms with E-state index in [1.807, 2.05) is 0 Å². The van der Waals surface area contributed by atoms with Gasteiger partial charge in [-0.2, -0.15) is 0 Å². The summed E-state index contributed by atoms with van der Waals surface area (Å²) in [4.78, 5) is 23.2. The minimum absolute atomic E-state index is 0.0255. The average Bonchev–Trinajstić information content (AvgIpc) is 2.43. The van der Waals surface area contributed by atoms with Crippen LogP contribution in [0.4, 0.5) is 5.69 Å². The summed E-state index contributed by atoms with van der Waals surface area (Å²) in [5.74, 6) is -1.74. The molecule has 0 aliphatic rings. The number of carbonyl (C=O) groups excluding carboxylic acids is 1. The maximum atomic E-state index is 11.8. The van der Waals surface area contributed by atoms with Gasteiger partial charge in [0.1, 0.15) is 0 Å². The number of unbranched alkanes of at least 4 members (excludes halogenated alkanes) is 2. The number of rotatable bonds is 8. The highest BCUT2D eigenvalue weighted by Gasteiger charge is 2.21. The van der Waals surface area contributed by atoms with E-state index in [0.717, 1.165) is 19.3 Å². The van der Waals surface area contributed by atoms with E-state index in [9.17, 15) is 14.7 Å². The summed E-state index contributed by atoms with van der Waals surface area (Å²) in [6, 6.07) is 4.79. The number of anilines is 1. The zero-order chi connectivity index (χ0) is 15.0. The minimum Gasteiger partial charge on any atom is -0.478 e. The van der Waals surface area contributed by atoms with Gasteiger partial charge in [0.2, 0.25) is 0 Å². The standard InChI is InChI=1S/C15H21NO4/c1-3-5-6-10-16-12-9-7-8-11(13(12)14(17)18)15(19)20-4-2/h7-9,16H,3-6,10H2,1-2H3,(H,17,18). The second-order valence-electron chi connectivity index (χ2n) is 4.39. The molecule has 110 valence electrons. The number of hydrogen-bond donors (Lipinski definition) is 2. The molecule has 0 radical (unpaired) electrons. The summed E-state index contributed by atoms with van der Waals surface area (Å²) in [7, 11) is 0. The van der Waals surface area contributed by atoms with Crippen LogP contribution in [-0.4, -0.2) is 30.2 Å². The molecule has 5 heteroatoms. The van der Waals surface area contributed by atoms with Crippen LogP contribution >= 0.6 is 0 Å². The summed E-state index contributed by atoms with van der Waals surface area (Å²) in [5.41, 5.74) is 0.515. The van der Waals surface area contributed by atoms with Crippen molar-refractivity contribution in [1.82, 2.24) is 0 Å². The molecule has 1 rings (SSSR count). The molecule has 0 atom stereocenters. The Morgan fingerprint density at radius 1 is 1.25 bits per heavy atom. The molecular formula is C15H21NO4. The predicted molar refractivity (Wildman–Crippen MR) is 77.4 cm³/mol. The maximum absolute atomic E-state index is 11.8. The van der Waals surface area contributed by atoms with Crippen LogP contribution in [0, 0.1) is 0 Å². The number of aromatic carboxylic acids is 1. The molecule has 0 amide bonds. The van der Waals surface area contributed by atoms with Crippen LogP contribution in [0.25, 0.3) is 0 Å². The van der Waals surface area contributed by atoms with E-state index in [1.165, 1.54) is 6.07 Å². The van der Waals surface area contributed by atoms with Crippen molar-refractivity contribution in [3.05, 3.63) is 29.3 Å². The Hall–Kier alpha value is -2.04. The first kappa shape index (κ1) is 16.0. The van der Waals surface area contributed by atoms with Crippen molar-refractivity contribution >= 4 is 17.6 Å². The van der Waals surface area contributed by atoms with Crippen LogP contribution in [0.2, 0.25) is 0 Å². The Balaban J connectivity index is 2.96. The lowest BCUT2D eigenvalue weighted by atomic mass is 10.1. The van der Waals surface area contributed by atoms with Crippen LogP contribution in [0.5, 0.6) is 0 Å². The Morgan fingerprint density at radius 3 is 2.60 bits per heavy atom. The van der Waals surface area contributed by atoms with Gasteiger partial charge in [0, 0.05) is 12.2 Å². The molecule has 0 aliphatic carbocycles. The number of esters is 1. The number of nitrogens with one attached hydrogen (secondary N) is 1. The lowest BCUT2D eigenvalue weighted by Crippen LogP contribution is -2.15. The van der Waals surface area contributed by atoms with Gasteiger partial charge in [-0.3, -0.25) is 0 Å². The van der Waals surface area contributed by atoms with Crippen LogP contribution in [0.3, 0.4) is 0 Å². The number of carbonyl (C=O) groups is 2. The molecule has 0 aromatic heterocycles. The Bertz CT molecular complexity index is 471. The van der Waals surface area contributed by atoms with Crippen molar-refractivity contribution in [2.24, 2.45) is 0 Å². The highest BCUT2D eigenvalue weighted by Crippen LogP contribution is 2.21. The lowest BCUT2D eigenvalue weighted by molar-refractivity contribution is 0.0515. The Morgan fingerprint density at radius 2 is 2.00 bits per heavy atom. The highest BCUT2D eigenvalue weighted by molar-refractivity contribution is 6.06. The summed E-state index contributed by atoms with van der Waals surface area (Å²) < 4.78 is 4.89. The number of ether oxygens (including phenoxy) is 1. The van der Waals surface area contributed by atoms with E-state index in [2.05, 4.69) is 12.2 Å². The van der Waals surface area contributed by atoms with Crippen molar-refractivity contribution in [2.45, 2.75) is 33.1 Å². The summed E-state index contributed by atoms with van der Waals surface area (Å²) in [6.45, 7) is 4.68. The first-order chi connectivity index (χ1) is 9.61. The first-order valence-electron chi connectivity index (χ1n) is 6.89. The van der Waals surface area contributed by atoms with E-state index >= 15 is 0 Å². The molecule has 0 aliphatic heterocycles. The van der Waals surface area contributed by atoms with Crippen LogP contribution < -0.4 is 5.32 Å². The normalized spacial score (nSPS) is 10.1. The van der Waals surface area contributed by atoms with Gasteiger partial charge in [0.05, 0.1) is 17.7 Å². The molecule has 1 aromatic rings. The van der Waals surface area contributed by atoms with Crippen LogP contribution in [0.1, 0.15) is 53.8 Å². The van der Waals surface area contributed by atoms with Gasteiger partial charge >= 0.3 is 11.9 Å². The Kier molecular flexibility index (Phi) is 6.56. The van der Waals surface area contributed by atoms with Crippen molar-refractivity contribution in [3.8, 4) is 0 Å². The minimum atomic E-state index is -1.13. The lowest BCUT2D eigenvalue weighted by Gasteiger charge is -2.12. The van der Waals surface area contributed by atoms with E-state index in [1.54, 1.807) is 19.1 Å². The second kappa shape index (κ2) is 8.19. The van der Waals surface area contributed by atoms with Gasteiger partial charge in [-0.1, -0.05) is 25.8 Å². The van der Waals surface area contributed by atoms with E-state index in [0.29, 0.717) is 12.2 Å². The summed E-state index contributed by atoms with van der Waals surface area (Å²) >= 11 is 0. The molecule has 20 heavy (non-hydrogen) atoms. The van der Waals surface area contributed by atoms with Crippen molar-refractivity contribution < 1.29 is 19.4 Å². The zero-order valence-electron chi connectivity index (χ0n) is 11.9. The first-order valence-corrected chi connectivity index (χ1v) is 6.89. The average molecular weight is 279 g/mol. The molecule has 0 fully saturated rings. The molecule has 0 spiro atoms. The maximum Gasteiger partial charge on any atom is 0.339 e. The quantitative estimate of drug-likeness (QED) is 0.564. The largest absolute Gasteiger partial charge is 0.478 e. The Labute approximate surface area is 118 Å². The highest BCUT2D eigenvalue weighted by atomic mass is 16.5. The molecule has 2 N–H and O–H groups in total. The van der Waals surface area contributed by atoms with E-state index in [-0.39, 0.29) is 17.7 Å². The fraction of sp³-hybridized carbons (Fsp3) is 0.467. The smallest absolute Gasteiger partial charge is 0.339 e. The fourth-order valence-electron chi connectivity index (χ4n) is 1.91. The van der Waals surface area contributed by atoms with Crippen molar-refractivity contribution in [1.29, 1.82) is 0 Å². The molecule has 0 heterocycles.